The molecular formula is C14H17N3O3S. The molecule has 0 aliphatic heterocycles. The van der Waals surface area contributed by atoms with Crippen LogP contribution in [0, 0.1) is 6.92 Å². The van der Waals surface area contributed by atoms with Gasteiger partial charge in [-0.25, -0.2) is 0 Å². The minimum Gasteiger partial charge on any atom is -0.496 e. The van der Waals surface area contributed by atoms with Crippen LogP contribution >= 0.6 is 11.3 Å². The van der Waals surface area contributed by atoms with E-state index in [1.54, 1.807) is 26.4 Å². The Hall–Kier alpha value is -2.15. The highest BCUT2D eigenvalue weighted by Crippen LogP contribution is 2.30. The van der Waals surface area contributed by atoms with E-state index in [4.69, 9.17) is 9.47 Å². The lowest BCUT2D eigenvalue weighted by atomic mass is 10.1. The number of benzene rings is 1. The van der Waals surface area contributed by atoms with E-state index in [1.807, 2.05) is 13.8 Å². The van der Waals surface area contributed by atoms with Crippen molar-refractivity contribution in [2.45, 2.75) is 20.3 Å². The highest BCUT2D eigenvalue weighted by atomic mass is 32.1. The average Bonchev–Trinajstić information content (AvgIpc) is 2.95. The Morgan fingerprint density at radius 2 is 1.86 bits per heavy atom. The molecule has 0 saturated carbocycles. The molecule has 0 bridgehead atoms. The van der Waals surface area contributed by atoms with Gasteiger partial charge >= 0.3 is 0 Å². The quantitative estimate of drug-likeness (QED) is 0.919. The van der Waals surface area contributed by atoms with Gasteiger partial charge in [-0.3, -0.25) is 10.1 Å². The van der Waals surface area contributed by atoms with Gasteiger partial charge in [-0.05, 0) is 25.5 Å². The fraction of sp³-hybridized carbons (Fsp3) is 0.357. The van der Waals surface area contributed by atoms with E-state index in [2.05, 4.69) is 15.5 Å². The summed E-state index contributed by atoms with van der Waals surface area (Å²) in [5.74, 6) is 0.933. The molecule has 0 atom stereocenters. The predicted molar refractivity (Wildman–Crippen MR) is 81.5 cm³/mol. The molecule has 21 heavy (non-hydrogen) atoms. The molecule has 0 unspecified atom stereocenters. The summed E-state index contributed by atoms with van der Waals surface area (Å²) in [5.41, 5.74) is 1.29. The molecular weight excluding hydrogens is 290 g/mol. The van der Waals surface area contributed by atoms with E-state index in [1.165, 1.54) is 11.3 Å². The van der Waals surface area contributed by atoms with Crippen molar-refractivity contribution in [2.75, 3.05) is 19.5 Å². The molecule has 2 rings (SSSR count). The maximum Gasteiger partial charge on any atom is 0.257 e. The van der Waals surface area contributed by atoms with Crippen molar-refractivity contribution in [1.29, 1.82) is 0 Å². The predicted octanol–water partition coefficient (Wildman–Crippen LogP) is 2.68. The molecule has 0 fully saturated rings. The van der Waals surface area contributed by atoms with E-state index in [9.17, 15) is 4.79 Å². The van der Waals surface area contributed by atoms with Gasteiger partial charge in [0.25, 0.3) is 5.91 Å². The second kappa shape index (κ2) is 6.53. The third kappa shape index (κ3) is 3.30. The monoisotopic (exact) mass is 307 g/mol. The smallest absolute Gasteiger partial charge is 0.257 e. The van der Waals surface area contributed by atoms with Crippen LogP contribution in [0.25, 0.3) is 0 Å². The summed E-state index contributed by atoms with van der Waals surface area (Å²) in [6.45, 7) is 3.86. The van der Waals surface area contributed by atoms with Crippen molar-refractivity contribution < 1.29 is 14.3 Å². The van der Waals surface area contributed by atoms with E-state index < -0.39 is 0 Å². The zero-order valence-electron chi connectivity index (χ0n) is 12.4. The molecule has 1 aromatic carbocycles. The van der Waals surface area contributed by atoms with Gasteiger partial charge in [-0.15, -0.1) is 10.2 Å². The third-order valence-corrected chi connectivity index (χ3v) is 3.99. The normalized spacial score (nSPS) is 10.3. The Morgan fingerprint density at radius 3 is 2.33 bits per heavy atom. The molecule has 112 valence electrons. The number of hydrogen-bond donors (Lipinski definition) is 1. The summed E-state index contributed by atoms with van der Waals surface area (Å²) < 4.78 is 10.5. The summed E-state index contributed by atoms with van der Waals surface area (Å²) in [5, 5.41) is 12.0. The first-order valence-corrected chi connectivity index (χ1v) is 7.27. The van der Waals surface area contributed by atoms with Crippen LogP contribution in [0.15, 0.2) is 12.1 Å². The summed E-state index contributed by atoms with van der Waals surface area (Å²) in [6, 6.07) is 3.35. The van der Waals surface area contributed by atoms with Crippen molar-refractivity contribution >= 4 is 22.4 Å². The van der Waals surface area contributed by atoms with Crippen LogP contribution in [0.4, 0.5) is 5.13 Å². The molecule has 0 aliphatic rings. The molecule has 1 amide bonds. The van der Waals surface area contributed by atoms with Crippen LogP contribution in [-0.2, 0) is 6.42 Å². The lowest BCUT2D eigenvalue weighted by Crippen LogP contribution is -2.12. The molecule has 0 aliphatic carbocycles. The molecule has 0 radical (unpaired) electrons. The van der Waals surface area contributed by atoms with Crippen LogP contribution in [0.2, 0.25) is 0 Å². The topological polar surface area (TPSA) is 73.3 Å². The summed E-state index contributed by atoms with van der Waals surface area (Å²) in [6.07, 6.45) is 0.791. The van der Waals surface area contributed by atoms with Crippen molar-refractivity contribution in [3.8, 4) is 11.5 Å². The standard InChI is InChI=1S/C14H17N3O3S/c1-5-12-16-17-14(21-12)15-13(18)9-6-10(19-3)8(2)11(7-9)20-4/h6-7H,5H2,1-4H3,(H,15,17,18). The second-order valence-electron chi connectivity index (χ2n) is 4.31. The number of nitrogens with one attached hydrogen (secondary N) is 1. The van der Waals surface area contributed by atoms with Gasteiger partial charge in [-0.1, -0.05) is 18.3 Å². The average molecular weight is 307 g/mol. The Morgan fingerprint density at radius 1 is 1.24 bits per heavy atom. The zero-order chi connectivity index (χ0) is 15.4. The van der Waals surface area contributed by atoms with Gasteiger partial charge in [0.15, 0.2) is 0 Å². The summed E-state index contributed by atoms with van der Waals surface area (Å²) in [7, 11) is 3.11. The largest absolute Gasteiger partial charge is 0.496 e. The Kier molecular flexibility index (Phi) is 4.74. The van der Waals surface area contributed by atoms with E-state index in [0.29, 0.717) is 22.2 Å². The van der Waals surface area contributed by atoms with Gasteiger partial charge in [0.2, 0.25) is 5.13 Å². The lowest BCUT2D eigenvalue weighted by Gasteiger charge is -2.12. The minimum atomic E-state index is -0.273. The summed E-state index contributed by atoms with van der Waals surface area (Å²) in [4.78, 5) is 12.3. The maximum atomic E-state index is 12.3. The molecule has 6 nitrogen and oxygen atoms in total. The molecule has 2 aromatic rings. The van der Waals surface area contributed by atoms with Gasteiger partial charge in [0, 0.05) is 11.1 Å². The molecule has 1 N–H and O–H groups in total. The van der Waals surface area contributed by atoms with Crippen LogP contribution in [-0.4, -0.2) is 30.3 Å². The van der Waals surface area contributed by atoms with Crippen molar-refractivity contribution in [3.63, 3.8) is 0 Å². The Labute approximate surface area is 127 Å². The van der Waals surface area contributed by atoms with E-state index in [-0.39, 0.29) is 5.91 Å². The highest BCUT2D eigenvalue weighted by molar-refractivity contribution is 7.15. The van der Waals surface area contributed by atoms with Gasteiger partial charge in [0.1, 0.15) is 16.5 Å². The van der Waals surface area contributed by atoms with E-state index >= 15 is 0 Å². The Balaban J connectivity index is 2.26. The van der Waals surface area contributed by atoms with Crippen LogP contribution in [0.5, 0.6) is 11.5 Å². The first-order chi connectivity index (χ1) is 10.1. The van der Waals surface area contributed by atoms with Crippen LogP contribution < -0.4 is 14.8 Å². The number of aryl methyl sites for hydroxylation is 1. The first kappa shape index (κ1) is 15.2. The second-order valence-corrected chi connectivity index (χ2v) is 5.38. The molecule has 7 heteroatoms. The number of nitrogens with zero attached hydrogens (tertiary/aromatic N) is 2. The van der Waals surface area contributed by atoms with Gasteiger partial charge in [0.05, 0.1) is 14.2 Å². The molecule has 1 heterocycles. The van der Waals surface area contributed by atoms with Crippen molar-refractivity contribution in [3.05, 3.63) is 28.3 Å². The number of rotatable bonds is 5. The number of aromatic nitrogens is 2. The van der Waals surface area contributed by atoms with Gasteiger partial charge in [-0.2, -0.15) is 0 Å². The number of amides is 1. The fourth-order valence-electron chi connectivity index (χ4n) is 1.83. The van der Waals surface area contributed by atoms with Crippen molar-refractivity contribution in [1.82, 2.24) is 10.2 Å². The number of methoxy groups -OCH3 is 2. The van der Waals surface area contributed by atoms with Crippen molar-refractivity contribution in [2.24, 2.45) is 0 Å². The lowest BCUT2D eigenvalue weighted by molar-refractivity contribution is 0.102. The van der Waals surface area contributed by atoms with E-state index in [0.717, 1.165) is 17.0 Å². The zero-order valence-corrected chi connectivity index (χ0v) is 13.2. The number of carbonyl (C=O) groups is 1. The maximum absolute atomic E-state index is 12.3. The molecule has 1 aromatic heterocycles. The first-order valence-electron chi connectivity index (χ1n) is 6.45. The molecule has 0 saturated heterocycles. The SMILES string of the molecule is CCc1nnc(NC(=O)c2cc(OC)c(C)c(OC)c2)s1. The number of anilines is 1. The van der Waals surface area contributed by atoms with Crippen LogP contribution in [0.3, 0.4) is 0 Å². The number of hydrogen-bond acceptors (Lipinski definition) is 6. The minimum absolute atomic E-state index is 0.273. The number of carbonyl (C=O) groups excluding carboxylic acids is 1. The van der Waals surface area contributed by atoms with Crippen LogP contribution in [0.1, 0.15) is 27.9 Å². The number of ether oxygens (including phenoxy) is 2. The fourth-order valence-corrected chi connectivity index (χ4v) is 2.51. The Bertz CT molecular complexity index is 630. The third-order valence-electron chi connectivity index (χ3n) is 3.00. The van der Waals surface area contributed by atoms with Gasteiger partial charge < -0.3 is 9.47 Å². The summed E-state index contributed by atoms with van der Waals surface area (Å²) >= 11 is 1.36. The molecule has 0 spiro atoms. The highest BCUT2D eigenvalue weighted by Gasteiger charge is 2.15.